The molecule has 6 aromatic rings. The topological polar surface area (TPSA) is 71.1 Å². The SMILES string of the molecule is C#Cc1ccc(C(=O)OCc2cc3ccccc3c(-c3c(OC)c(COC(=O)c4ccc(C#C)cc4)cc4ccccc34)c2OC)cc1. The number of ether oxygens (including phenoxy) is 4. The molecule has 0 radical (unpaired) electrons. The molecule has 0 amide bonds. The van der Waals surface area contributed by atoms with Crippen molar-refractivity contribution in [1.29, 1.82) is 0 Å². The summed E-state index contributed by atoms with van der Waals surface area (Å²) in [7, 11) is 3.17. The van der Waals surface area contributed by atoms with Crippen LogP contribution in [0.15, 0.2) is 109 Å². The highest BCUT2D eigenvalue weighted by molar-refractivity contribution is 6.11. The fourth-order valence-electron chi connectivity index (χ4n) is 5.81. The lowest BCUT2D eigenvalue weighted by Crippen LogP contribution is -2.08. The first-order valence-corrected chi connectivity index (χ1v) is 15.1. The van der Waals surface area contributed by atoms with Gasteiger partial charge in [-0.3, -0.25) is 0 Å². The van der Waals surface area contributed by atoms with Gasteiger partial charge in [-0.15, -0.1) is 12.8 Å². The Hall–Kier alpha value is -6.50. The van der Waals surface area contributed by atoms with Gasteiger partial charge in [0.05, 0.1) is 25.3 Å². The van der Waals surface area contributed by atoms with Crippen LogP contribution in [0, 0.1) is 24.7 Å². The summed E-state index contributed by atoms with van der Waals surface area (Å²) in [6, 6.07) is 33.1. The molecule has 0 saturated carbocycles. The largest absolute Gasteiger partial charge is 0.496 e. The van der Waals surface area contributed by atoms with Crippen LogP contribution >= 0.6 is 0 Å². The summed E-state index contributed by atoms with van der Waals surface area (Å²) < 4.78 is 23.8. The van der Waals surface area contributed by atoms with E-state index < -0.39 is 11.9 Å². The minimum absolute atomic E-state index is 0.0489. The van der Waals surface area contributed by atoms with Crippen LogP contribution in [0.2, 0.25) is 0 Å². The number of benzene rings is 6. The van der Waals surface area contributed by atoms with Gasteiger partial charge in [0.25, 0.3) is 0 Å². The van der Waals surface area contributed by atoms with E-state index in [9.17, 15) is 9.59 Å². The van der Waals surface area contributed by atoms with Crippen molar-refractivity contribution in [2.75, 3.05) is 14.2 Å². The van der Waals surface area contributed by atoms with Crippen LogP contribution < -0.4 is 9.47 Å². The molecule has 0 spiro atoms. The molecular weight excluding hydrogens is 600 g/mol. The fourth-order valence-corrected chi connectivity index (χ4v) is 5.81. The smallest absolute Gasteiger partial charge is 0.338 e. The number of carbonyl (C=O) groups is 2. The Bertz CT molecular complexity index is 2090. The van der Waals surface area contributed by atoms with E-state index in [1.165, 1.54) is 0 Å². The number of terminal acetylenes is 2. The summed E-state index contributed by atoms with van der Waals surface area (Å²) in [6.45, 7) is -0.0977. The molecule has 0 bridgehead atoms. The van der Waals surface area contributed by atoms with Gasteiger partial charge < -0.3 is 18.9 Å². The number of hydrogen-bond acceptors (Lipinski definition) is 6. The van der Waals surface area contributed by atoms with E-state index in [0.29, 0.717) is 44.9 Å². The molecule has 0 saturated heterocycles. The Kier molecular flexibility index (Phi) is 9.10. The maximum absolute atomic E-state index is 13.0. The first kappa shape index (κ1) is 31.5. The van der Waals surface area contributed by atoms with Gasteiger partial charge >= 0.3 is 11.9 Å². The first-order valence-electron chi connectivity index (χ1n) is 15.1. The molecule has 6 aromatic carbocycles. The highest BCUT2D eigenvalue weighted by Gasteiger charge is 2.25. The molecule has 6 nitrogen and oxygen atoms in total. The molecule has 0 aliphatic carbocycles. The van der Waals surface area contributed by atoms with Gasteiger partial charge in [0, 0.05) is 33.4 Å². The lowest BCUT2D eigenvalue weighted by atomic mass is 9.89. The van der Waals surface area contributed by atoms with E-state index in [1.807, 2.05) is 60.7 Å². The maximum Gasteiger partial charge on any atom is 0.338 e. The van der Waals surface area contributed by atoms with Crippen LogP contribution in [0.5, 0.6) is 11.5 Å². The zero-order valence-corrected chi connectivity index (χ0v) is 26.4. The van der Waals surface area contributed by atoms with Crippen molar-refractivity contribution in [3.63, 3.8) is 0 Å². The summed E-state index contributed by atoms with van der Waals surface area (Å²) >= 11 is 0. The first-order chi connectivity index (χ1) is 23.4. The summed E-state index contributed by atoms with van der Waals surface area (Å²) in [5.74, 6) is 5.16. The minimum atomic E-state index is -0.490. The van der Waals surface area contributed by atoms with Gasteiger partial charge in [-0.1, -0.05) is 60.4 Å². The average molecular weight is 631 g/mol. The van der Waals surface area contributed by atoms with Crippen molar-refractivity contribution in [1.82, 2.24) is 0 Å². The molecule has 0 N–H and O–H groups in total. The standard InChI is InChI=1S/C42H30O6/c1-5-27-15-19-29(20-16-27)41(43)47-25-33-23-31-11-7-9-13-35(31)37(39(33)45-3)38-36-14-10-8-12-32(36)24-34(40(38)46-4)26-48-42(44)30-21-17-28(6-2)18-22-30/h1-2,7-24H,25-26H2,3-4H3. The highest BCUT2D eigenvalue weighted by Crippen LogP contribution is 2.48. The third kappa shape index (κ3) is 6.16. The normalized spacial score (nSPS) is 10.6. The number of hydrogen-bond donors (Lipinski definition) is 0. The third-order valence-electron chi connectivity index (χ3n) is 8.11. The van der Waals surface area contributed by atoms with Crippen molar-refractivity contribution in [3.8, 4) is 47.3 Å². The van der Waals surface area contributed by atoms with Gasteiger partial charge in [0.1, 0.15) is 24.7 Å². The second kappa shape index (κ2) is 13.9. The van der Waals surface area contributed by atoms with Crippen LogP contribution in [0.4, 0.5) is 0 Å². The van der Waals surface area contributed by atoms with Gasteiger partial charge in [0.15, 0.2) is 0 Å². The minimum Gasteiger partial charge on any atom is -0.496 e. The second-order valence-electron chi connectivity index (χ2n) is 10.9. The predicted octanol–water partition coefficient (Wildman–Crippen LogP) is 8.35. The molecule has 0 aliphatic rings. The molecule has 6 rings (SSSR count). The average Bonchev–Trinajstić information content (AvgIpc) is 3.14. The fraction of sp³-hybridized carbons (Fsp3) is 0.0952. The van der Waals surface area contributed by atoms with E-state index in [1.54, 1.807) is 62.8 Å². The number of methoxy groups -OCH3 is 2. The van der Waals surface area contributed by atoms with Crippen molar-refractivity contribution < 1.29 is 28.5 Å². The molecule has 0 heterocycles. The quantitative estimate of drug-likeness (QED) is 0.118. The summed E-state index contributed by atoms with van der Waals surface area (Å²) in [5, 5.41) is 3.63. The lowest BCUT2D eigenvalue weighted by Gasteiger charge is -2.22. The highest BCUT2D eigenvalue weighted by atomic mass is 16.5. The molecule has 0 atom stereocenters. The zero-order valence-electron chi connectivity index (χ0n) is 26.4. The molecular formula is C42H30O6. The molecule has 0 unspecified atom stereocenters. The van der Waals surface area contributed by atoms with Crippen LogP contribution in [-0.4, -0.2) is 26.2 Å². The predicted molar refractivity (Wildman–Crippen MR) is 187 cm³/mol. The number of esters is 2. The lowest BCUT2D eigenvalue weighted by molar-refractivity contribution is 0.0461. The number of rotatable bonds is 9. The Labute approximate surface area is 278 Å². The molecule has 48 heavy (non-hydrogen) atoms. The molecule has 0 aliphatic heterocycles. The van der Waals surface area contributed by atoms with Gasteiger partial charge in [-0.25, -0.2) is 9.59 Å². The van der Waals surface area contributed by atoms with Crippen LogP contribution in [0.25, 0.3) is 32.7 Å². The van der Waals surface area contributed by atoms with E-state index in [2.05, 4.69) is 11.8 Å². The maximum atomic E-state index is 13.0. The van der Waals surface area contributed by atoms with E-state index in [4.69, 9.17) is 31.8 Å². The van der Waals surface area contributed by atoms with Crippen molar-refractivity contribution >= 4 is 33.5 Å². The summed E-state index contributed by atoms with van der Waals surface area (Å²) in [5.41, 5.74) is 4.95. The van der Waals surface area contributed by atoms with Gasteiger partial charge in [-0.2, -0.15) is 0 Å². The Morgan fingerprint density at radius 3 is 1.29 bits per heavy atom. The van der Waals surface area contributed by atoms with E-state index >= 15 is 0 Å². The van der Waals surface area contributed by atoms with Crippen molar-refractivity contribution in [2.24, 2.45) is 0 Å². The van der Waals surface area contributed by atoms with Crippen LogP contribution in [0.3, 0.4) is 0 Å². The van der Waals surface area contributed by atoms with Gasteiger partial charge in [-0.05, 0) is 82.2 Å². The monoisotopic (exact) mass is 630 g/mol. The van der Waals surface area contributed by atoms with Crippen molar-refractivity contribution in [3.05, 3.63) is 143 Å². The Balaban J connectivity index is 1.46. The third-order valence-corrected chi connectivity index (χ3v) is 8.11. The van der Waals surface area contributed by atoms with Crippen LogP contribution in [-0.2, 0) is 22.7 Å². The number of fused-ring (bicyclic) bond motifs is 2. The summed E-state index contributed by atoms with van der Waals surface area (Å²) in [4.78, 5) is 26.1. The molecule has 0 aromatic heterocycles. The Morgan fingerprint density at radius 2 is 0.938 bits per heavy atom. The Morgan fingerprint density at radius 1 is 0.562 bits per heavy atom. The molecule has 0 fully saturated rings. The zero-order chi connectivity index (χ0) is 33.6. The van der Waals surface area contributed by atoms with E-state index in [0.717, 1.165) is 32.7 Å². The number of carbonyl (C=O) groups excluding carboxylic acids is 2. The van der Waals surface area contributed by atoms with E-state index in [-0.39, 0.29) is 13.2 Å². The summed E-state index contributed by atoms with van der Waals surface area (Å²) in [6.07, 6.45) is 10.9. The molecule has 6 heteroatoms. The van der Waals surface area contributed by atoms with Crippen LogP contribution in [0.1, 0.15) is 43.0 Å². The van der Waals surface area contributed by atoms with Crippen molar-refractivity contribution in [2.45, 2.75) is 13.2 Å². The van der Waals surface area contributed by atoms with Gasteiger partial charge in [0.2, 0.25) is 0 Å². The molecule has 234 valence electrons. The second-order valence-corrected chi connectivity index (χ2v) is 10.9.